The third-order valence-corrected chi connectivity index (χ3v) is 5.89. The third-order valence-electron chi connectivity index (χ3n) is 5.89. The van der Waals surface area contributed by atoms with Crippen molar-refractivity contribution in [2.24, 2.45) is 0 Å². The molecular formula is C21H19NO2. The maximum absolute atomic E-state index is 12.8. The molecule has 1 heterocycles. The first-order valence-corrected chi connectivity index (χ1v) is 8.80. The summed E-state index contributed by atoms with van der Waals surface area (Å²) in [4.78, 5) is 25.7. The highest BCUT2D eigenvalue weighted by Crippen LogP contribution is 2.43. The van der Waals surface area contributed by atoms with Crippen molar-refractivity contribution >= 4 is 17.3 Å². The van der Waals surface area contributed by atoms with Crippen LogP contribution in [0.4, 0.5) is 5.69 Å². The van der Waals surface area contributed by atoms with Gasteiger partial charge in [0, 0.05) is 33.5 Å². The van der Waals surface area contributed by atoms with Crippen molar-refractivity contribution in [2.45, 2.75) is 44.1 Å². The topological polar surface area (TPSA) is 46.2 Å². The van der Waals surface area contributed by atoms with E-state index in [0.29, 0.717) is 22.3 Å². The number of hydrogen-bond acceptors (Lipinski definition) is 3. The Balaban J connectivity index is 1.62. The average Bonchev–Trinajstić information content (AvgIpc) is 2.95. The number of benzene rings is 2. The van der Waals surface area contributed by atoms with Gasteiger partial charge in [0.25, 0.3) is 0 Å². The molecule has 3 nitrogen and oxygen atoms in total. The van der Waals surface area contributed by atoms with Crippen LogP contribution in [-0.4, -0.2) is 17.1 Å². The lowest BCUT2D eigenvalue weighted by molar-refractivity contribution is 0.0979. The number of fused-ring (bicyclic) bond motifs is 3. The van der Waals surface area contributed by atoms with Gasteiger partial charge in [0.2, 0.25) is 0 Å². The highest BCUT2D eigenvalue weighted by molar-refractivity contribution is 6.28. The first kappa shape index (κ1) is 14.0. The summed E-state index contributed by atoms with van der Waals surface area (Å²) in [6.07, 6.45) is 7.14. The molecule has 2 aromatic rings. The summed E-state index contributed by atoms with van der Waals surface area (Å²) in [5.74, 6) is -0.0537. The Hall–Kier alpha value is -2.42. The van der Waals surface area contributed by atoms with E-state index in [0.717, 1.165) is 12.1 Å². The summed E-state index contributed by atoms with van der Waals surface area (Å²) in [6.45, 7) is 0. The third kappa shape index (κ3) is 1.84. The Bertz CT molecular complexity index is 825. The Morgan fingerprint density at radius 1 is 0.792 bits per heavy atom. The minimum atomic E-state index is -0.0330. The first-order valence-electron chi connectivity index (χ1n) is 8.80. The van der Waals surface area contributed by atoms with Crippen LogP contribution in [0.5, 0.6) is 0 Å². The van der Waals surface area contributed by atoms with Crippen molar-refractivity contribution < 1.29 is 9.59 Å². The van der Waals surface area contributed by atoms with E-state index in [2.05, 4.69) is 5.32 Å². The molecule has 2 aromatic carbocycles. The van der Waals surface area contributed by atoms with Crippen molar-refractivity contribution in [3.05, 3.63) is 64.2 Å². The largest absolute Gasteiger partial charge is 0.379 e. The van der Waals surface area contributed by atoms with Gasteiger partial charge in [-0.2, -0.15) is 0 Å². The summed E-state index contributed by atoms with van der Waals surface area (Å²) < 4.78 is 0. The van der Waals surface area contributed by atoms with Crippen molar-refractivity contribution in [1.82, 2.24) is 0 Å². The number of ketones is 2. The molecule has 5 rings (SSSR count). The quantitative estimate of drug-likeness (QED) is 0.678. The van der Waals surface area contributed by atoms with Crippen molar-refractivity contribution in [2.75, 3.05) is 5.32 Å². The molecule has 0 radical (unpaired) electrons. The first-order chi connectivity index (χ1) is 11.7. The molecule has 1 aliphatic heterocycles. The summed E-state index contributed by atoms with van der Waals surface area (Å²) in [7, 11) is 0. The lowest BCUT2D eigenvalue weighted by atomic mass is 9.79. The van der Waals surface area contributed by atoms with Crippen LogP contribution in [0.2, 0.25) is 0 Å². The van der Waals surface area contributed by atoms with Crippen LogP contribution >= 0.6 is 0 Å². The van der Waals surface area contributed by atoms with E-state index in [9.17, 15) is 9.59 Å². The van der Waals surface area contributed by atoms with Gasteiger partial charge in [-0.3, -0.25) is 9.59 Å². The SMILES string of the molecule is O=C1c2ccccc2C(=O)c2cc3c(cc21)CC1(CCCCC1)N3. The normalized spacial score (nSPS) is 20.3. The van der Waals surface area contributed by atoms with Crippen LogP contribution in [0, 0.1) is 0 Å². The second kappa shape index (κ2) is 4.79. The molecule has 0 atom stereocenters. The maximum Gasteiger partial charge on any atom is 0.194 e. The van der Waals surface area contributed by atoms with E-state index < -0.39 is 0 Å². The summed E-state index contributed by atoms with van der Waals surface area (Å²) in [5, 5.41) is 3.70. The molecule has 0 aromatic heterocycles. The molecule has 1 spiro atoms. The van der Waals surface area contributed by atoms with Gasteiger partial charge in [0.05, 0.1) is 0 Å². The number of carbonyl (C=O) groups excluding carboxylic acids is 2. The monoisotopic (exact) mass is 317 g/mol. The smallest absolute Gasteiger partial charge is 0.194 e. The van der Waals surface area contributed by atoms with Gasteiger partial charge in [0.1, 0.15) is 0 Å². The maximum atomic E-state index is 12.8. The van der Waals surface area contributed by atoms with Crippen molar-refractivity contribution in [3.8, 4) is 0 Å². The number of nitrogens with one attached hydrogen (secondary N) is 1. The van der Waals surface area contributed by atoms with Gasteiger partial charge in [-0.05, 0) is 37.0 Å². The standard InChI is InChI=1S/C21H19NO2/c23-19-14-6-2-3-7-15(14)20(24)17-11-18-13(10-16(17)19)12-21(22-18)8-4-1-5-9-21/h2-3,6-7,10-11,22H,1,4-5,8-9,12H2. The van der Waals surface area contributed by atoms with Gasteiger partial charge in [-0.1, -0.05) is 43.5 Å². The zero-order valence-electron chi connectivity index (χ0n) is 13.5. The molecular weight excluding hydrogens is 298 g/mol. The number of hydrogen-bond donors (Lipinski definition) is 1. The summed E-state index contributed by atoms with van der Waals surface area (Å²) in [5.41, 5.74) is 4.58. The van der Waals surface area contributed by atoms with Gasteiger partial charge < -0.3 is 5.32 Å². The molecule has 2 aliphatic carbocycles. The zero-order valence-corrected chi connectivity index (χ0v) is 13.5. The van der Waals surface area contributed by atoms with Crippen LogP contribution in [0.1, 0.15) is 69.5 Å². The van der Waals surface area contributed by atoms with E-state index in [-0.39, 0.29) is 17.1 Å². The van der Waals surface area contributed by atoms with Crippen molar-refractivity contribution in [1.29, 1.82) is 0 Å². The Labute approximate surface area is 141 Å². The van der Waals surface area contributed by atoms with Crippen LogP contribution in [0.15, 0.2) is 36.4 Å². The molecule has 1 saturated carbocycles. The van der Waals surface area contributed by atoms with E-state index in [1.165, 1.54) is 37.7 Å². The molecule has 0 amide bonds. The summed E-state index contributed by atoms with van der Waals surface area (Å²) >= 11 is 0. The molecule has 1 fully saturated rings. The molecule has 0 unspecified atom stereocenters. The zero-order chi connectivity index (χ0) is 16.3. The molecule has 0 saturated heterocycles. The van der Waals surface area contributed by atoms with E-state index >= 15 is 0 Å². The van der Waals surface area contributed by atoms with Crippen LogP contribution in [0.25, 0.3) is 0 Å². The number of rotatable bonds is 0. The van der Waals surface area contributed by atoms with Gasteiger partial charge in [-0.25, -0.2) is 0 Å². The second-order valence-corrected chi connectivity index (χ2v) is 7.40. The Morgan fingerprint density at radius 2 is 1.42 bits per heavy atom. The molecule has 0 bridgehead atoms. The molecule has 3 heteroatoms. The Morgan fingerprint density at radius 3 is 2.08 bits per heavy atom. The fourth-order valence-corrected chi connectivity index (χ4v) is 4.68. The fourth-order valence-electron chi connectivity index (χ4n) is 4.68. The van der Waals surface area contributed by atoms with Crippen molar-refractivity contribution in [3.63, 3.8) is 0 Å². The molecule has 120 valence electrons. The number of anilines is 1. The second-order valence-electron chi connectivity index (χ2n) is 7.40. The molecule has 1 N–H and O–H groups in total. The predicted molar refractivity (Wildman–Crippen MR) is 92.9 cm³/mol. The van der Waals surface area contributed by atoms with Crippen LogP contribution in [-0.2, 0) is 6.42 Å². The highest BCUT2D eigenvalue weighted by Gasteiger charge is 2.39. The van der Waals surface area contributed by atoms with Gasteiger partial charge in [0.15, 0.2) is 11.6 Å². The van der Waals surface area contributed by atoms with E-state index in [1.807, 2.05) is 24.3 Å². The van der Waals surface area contributed by atoms with E-state index in [1.54, 1.807) is 12.1 Å². The number of carbonyl (C=O) groups is 2. The molecule has 3 aliphatic rings. The van der Waals surface area contributed by atoms with Crippen LogP contribution in [0.3, 0.4) is 0 Å². The van der Waals surface area contributed by atoms with Crippen LogP contribution < -0.4 is 5.32 Å². The van der Waals surface area contributed by atoms with Gasteiger partial charge in [-0.15, -0.1) is 0 Å². The fraction of sp³-hybridized carbons (Fsp3) is 0.333. The minimum Gasteiger partial charge on any atom is -0.379 e. The summed E-state index contributed by atoms with van der Waals surface area (Å²) in [6, 6.07) is 11.0. The lowest BCUT2D eigenvalue weighted by Gasteiger charge is -2.34. The molecule has 24 heavy (non-hydrogen) atoms. The van der Waals surface area contributed by atoms with Gasteiger partial charge >= 0.3 is 0 Å². The highest BCUT2D eigenvalue weighted by atomic mass is 16.1. The predicted octanol–water partition coefficient (Wildman–Crippen LogP) is 4.13. The minimum absolute atomic E-state index is 0.0207. The lowest BCUT2D eigenvalue weighted by Crippen LogP contribution is -2.38. The van der Waals surface area contributed by atoms with E-state index in [4.69, 9.17) is 0 Å². The average molecular weight is 317 g/mol. The Kier molecular flexibility index (Phi) is 2.79.